The van der Waals surface area contributed by atoms with Crippen LogP contribution in [0.4, 0.5) is 0 Å². The number of primary amides is 1. The molecule has 0 aliphatic carbocycles. The van der Waals surface area contributed by atoms with Gasteiger partial charge in [0.15, 0.2) is 0 Å². The Hall–Kier alpha value is -2.43. The molecular weight excluding hydrogens is 200 g/mol. The maximum Gasteiger partial charge on any atom is 0.263 e. The van der Waals surface area contributed by atoms with Gasteiger partial charge in [-0.2, -0.15) is 5.26 Å². The Morgan fingerprint density at radius 1 is 1.87 bits per heavy atom. The fraction of sp³-hybridized carbons (Fsp3) is 0.286. The molecule has 78 valence electrons. The average molecular weight is 208 g/mol. The summed E-state index contributed by atoms with van der Waals surface area (Å²) in [6.07, 6.45) is 2.99. The largest absolute Gasteiger partial charge is 0.375 e. The Kier molecular flexibility index (Phi) is 3.79. The highest BCUT2D eigenvalue weighted by Gasteiger charge is 2.09. The third kappa shape index (κ3) is 3.86. The molecule has 1 rings (SSSR count). The molecule has 0 spiro atoms. The van der Waals surface area contributed by atoms with Gasteiger partial charge < -0.3 is 10.6 Å². The summed E-state index contributed by atoms with van der Waals surface area (Å²) in [6, 6.07) is 1.84. The van der Waals surface area contributed by atoms with Crippen molar-refractivity contribution in [2.75, 3.05) is 0 Å². The van der Waals surface area contributed by atoms with Crippen LogP contribution in [0.25, 0.3) is 0 Å². The standard InChI is InChI=1S/C7H8N6O2/c8-3-6(15-11-4-7(9)14)5-13-2-1-10-12-13/h1-2,4,6H,5H2,(H2,9,14)/b11-4+. The van der Waals surface area contributed by atoms with E-state index in [-0.39, 0.29) is 6.54 Å². The fourth-order valence-corrected chi connectivity index (χ4v) is 0.754. The Morgan fingerprint density at radius 3 is 3.20 bits per heavy atom. The van der Waals surface area contributed by atoms with Gasteiger partial charge >= 0.3 is 0 Å². The number of nitrogens with two attached hydrogens (primary N) is 1. The van der Waals surface area contributed by atoms with E-state index in [1.54, 1.807) is 6.20 Å². The molecule has 1 aromatic rings. The molecule has 0 saturated heterocycles. The number of nitriles is 1. The van der Waals surface area contributed by atoms with Crippen LogP contribution in [0.5, 0.6) is 0 Å². The third-order valence-corrected chi connectivity index (χ3v) is 1.34. The Labute approximate surface area is 84.9 Å². The molecule has 1 amide bonds. The Bertz CT molecular complexity index is 379. The SMILES string of the molecule is N#CC(Cn1ccnn1)O/N=C/C(N)=O. The monoisotopic (exact) mass is 208 g/mol. The minimum absolute atomic E-state index is 0.173. The molecule has 0 saturated carbocycles. The summed E-state index contributed by atoms with van der Waals surface area (Å²) < 4.78 is 1.41. The number of carbonyl (C=O) groups is 1. The summed E-state index contributed by atoms with van der Waals surface area (Å²) >= 11 is 0. The second-order valence-corrected chi connectivity index (χ2v) is 2.49. The molecule has 1 unspecified atom stereocenters. The van der Waals surface area contributed by atoms with Gasteiger partial charge in [-0.1, -0.05) is 10.4 Å². The van der Waals surface area contributed by atoms with Gasteiger partial charge in [0.05, 0.1) is 12.7 Å². The summed E-state index contributed by atoms with van der Waals surface area (Å²) in [5.41, 5.74) is 4.78. The summed E-state index contributed by atoms with van der Waals surface area (Å²) in [5.74, 6) is -0.743. The summed E-state index contributed by atoms with van der Waals surface area (Å²) in [4.78, 5) is 15.0. The molecular formula is C7H8N6O2. The zero-order chi connectivity index (χ0) is 11.1. The number of amides is 1. The first kappa shape index (κ1) is 10.6. The lowest BCUT2D eigenvalue weighted by Crippen LogP contribution is -2.18. The van der Waals surface area contributed by atoms with E-state index in [1.807, 2.05) is 6.07 Å². The van der Waals surface area contributed by atoms with Crippen molar-refractivity contribution in [2.24, 2.45) is 10.9 Å². The van der Waals surface area contributed by atoms with Gasteiger partial charge in [0.1, 0.15) is 12.3 Å². The lowest BCUT2D eigenvalue weighted by atomic mass is 10.4. The zero-order valence-electron chi connectivity index (χ0n) is 7.65. The normalized spacial score (nSPS) is 12.2. The summed E-state index contributed by atoms with van der Waals surface area (Å²) in [6.45, 7) is 0.173. The molecule has 8 heteroatoms. The van der Waals surface area contributed by atoms with Gasteiger partial charge in [0.25, 0.3) is 5.91 Å². The number of nitrogens with zero attached hydrogens (tertiary/aromatic N) is 5. The van der Waals surface area contributed by atoms with Gasteiger partial charge in [-0.25, -0.2) is 4.68 Å². The molecule has 15 heavy (non-hydrogen) atoms. The van der Waals surface area contributed by atoms with E-state index in [2.05, 4.69) is 15.5 Å². The smallest absolute Gasteiger partial charge is 0.263 e. The van der Waals surface area contributed by atoms with Crippen molar-refractivity contribution in [3.05, 3.63) is 12.4 Å². The molecule has 1 atom stereocenters. The van der Waals surface area contributed by atoms with E-state index in [1.165, 1.54) is 10.9 Å². The zero-order valence-corrected chi connectivity index (χ0v) is 7.65. The number of hydrogen-bond acceptors (Lipinski definition) is 6. The van der Waals surface area contributed by atoms with E-state index < -0.39 is 12.0 Å². The topological polar surface area (TPSA) is 119 Å². The van der Waals surface area contributed by atoms with E-state index in [9.17, 15) is 4.79 Å². The highest BCUT2D eigenvalue weighted by Crippen LogP contribution is 1.94. The maximum absolute atomic E-state index is 10.3. The minimum Gasteiger partial charge on any atom is -0.375 e. The van der Waals surface area contributed by atoms with Gasteiger partial charge in [-0.3, -0.25) is 4.79 Å². The van der Waals surface area contributed by atoms with Gasteiger partial charge in [0.2, 0.25) is 6.10 Å². The van der Waals surface area contributed by atoms with Crippen LogP contribution in [0, 0.1) is 11.3 Å². The van der Waals surface area contributed by atoms with Gasteiger partial charge in [0, 0.05) is 6.20 Å². The Balaban J connectivity index is 2.44. The highest BCUT2D eigenvalue weighted by atomic mass is 16.6. The average Bonchev–Trinajstić information content (AvgIpc) is 2.68. The predicted octanol–water partition coefficient (Wildman–Crippen LogP) is -1.34. The number of hydrogen-bond donors (Lipinski definition) is 1. The first-order valence-electron chi connectivity index (χ1n) is 3.94. The summed E-state index contributed by atoms with van der Waals surface area (Å²) in [7, 11) is 0. The van der Waals surface area contributed by atoms with E-state index in [4.69, 9.17) is 15.8 Å². The molecule has 0 aliphatic rings. The van der Waals surface area contributed by atoms with Crippen molar-refractivity contribution < 1.29 is 9.63 Å². The molecule has 1 aromatic heterocycles. The molecule has 0 aromatic carbocycles. The van der Waals surface area contributed by atoms with Crippen molar-refractivity contribution >= 4 is 12.1 Å². The maximum atomic E-state index is 10.3. The predicted molar refractivity (Wildman–Crippen MR) is 48.2 cm³/mol. The van der Waals surface area contributed by atoms with Crippen LogP contribution in [0.3, 0.4) is 0 Å². The van der Waals surface area contributed by atoms with Gasteiger partial charge in [-0.15, -0.1) is 5.10 Å². The molecule has 0 aliphatic heterocycles. The van der Waals surface area contributed by atoms with Crippen LogP contribution in [0.1, 0.15) is 0 Å². The van der Waals surface area contributed by atoms with Gasteiger partial charge in [-0.05, 0) is 0 Å². The van der Waals surface area contributed by atoms with Crippen LogP contribution < -0.4 is 5.73 Å². The lowest BCUT2D eigenvalue weighted by Gasteiger charge is -2.05. The second-order valence-electron chi connectivity index (χ2n) is 2.49. The van der Waals surface area contributed by atoms with Crippen molar-refractivity contribution in [2.45, 2.75) is 12.6 Å². The van der Waals surface area contributed by atoms with Crippen molar-refractivity contribution in [3.8, 4) is 6.07 Å². The second kappa shape index (κ2) is 5.33. The first-order chi connectivity index (χ1) is 7.22. The minimum atomic E-state index is -0.845. The number of carbonyl (C=O) groups excluding carboxylic acids is 1. The van der Waals surface area contributed by atoms with Crippen LogP contribution in [-0.4, -0.2) is 33.2 Å². The third-order valence-electron chi connectivity index (χ3n) is 1.34. The quantitative estimate of drug-likeness (QED) is 0.474. The lowest BCUT2D eigenvalue weighted by molar-refractivity contribution is -0.111. The highest BCUT2D eigenvalue weighted by molar-refractivity contribution is 6.25. The molecule has 0 fully saturated rings. The van der Waals surface area contributed by atoms with E-state index in [0.717, 1.165) is 6.21 Å². The van der Waals surface area contributed by atoms with Crippen molar-refractivity contribution in [3.63, 3.8) is 0 Å². The van der Waals surface area contributed by atoms with E-state index >= 15 is 0 Å². The van der Waals surface area contributed by atoms with Crippen LogP contribution in [0.2, 0.25) is 0 Å². The van der Waals surface area contributed by atoms with Crippen molar-refractivity contribution in [1.29, 1.82) is 5.26 Å². The molecule has 8 nitrogen and oxygen atoms in total. The number of aromatic nitrogens is 3. The first-order valence-corrected chi connectivity index (χ1v) is 3.94. The molecule has 0 bridgehead atoms. The summed E-state index contributed by atoms with van der Waals surface area (Å²) in [5, 5.41) is 19.1. The number of rotatable bonds is 5. The molecule has 1 heterocycles. The van der Waals surface area contributed by atoms with Crippen LogP contribution in [-0.2, 0) is 16.2 Å². The Morgan fingerprint density at radius 2 is 2.67 bits per heavy atom. The van der Waals surface area contributed by atoms with Crippen molar-refractivity contribution in [1.82, 2.24) is 15.0 Å². The molecule has 2 N–H and O–H groups in total. The molecule has 0 radical (unpaired) electrons. The van der Waals surface area contributed by atoms with Crippen LogP contribution in [0.15, 0.2) is 17.5 Å². The van der Waals surface area contributed by atoms with E-state index in [0.29, 0.717) is 0 Å². The number of oxime groups is 1. The van der Waals surface area contributed by atoms with Crippen LogP contribution >= 0.6 is 0 Å². The fourth-order valence-electron chi connectivity index (χ4n) is 0.754.